The Morgan fingerprint density at radius 1 is 1.22 bits per heavy atom. The van der Waals surface area contributed by atoms with Gasteiger partial charge in [-0.2, -0.15) is 0 Å². The fourth-order valence-electron chi connectivity index (χ4n) is 1.75. The van der Waals surface area contributed by atoms with Crippen molar-refractivity contribution in [2.45, 2.75) is 33.1 Å². The molecule has 0 aromatic carbocycles. The van der Waals surface area contributed by atoms with Crippen molar-refractivity contribution in [1.82, 2.24) is 9.97 Å². The van der Waals surface area contributed by atoms with Gasteiger partial charge in [0.15, 0.2) is 5.82 Å². The predicted molar refractivity (Wildman–Crippen MR) is 72.5 cm³/mol. The van der Waals surface area contributed by atoms with Gasteiger partial charge in [-0.25, -0.2) is 9.97 Å². The van der Waals surface area contributed by atoms with E-state index in [1.807, 2.05) is 12.1 Å². The molecular formula is C14H19N3O. The van der Waals surface area contributed by atoms with Crippen LogP contribution in [0.25, 0.3) is 11.4 Å². The third-order valence-electron chi connectivity index (χ3n) is 2.62. The lowest BCUT2D eigenvalue weighted by Gasteiger charge is -2.08. The lowest BCUT2D eigenvalue weighted by Crippen LogP contribution is -2.05. The van der Waals surface area contributed by atoms with Crippen molar-refractivity contribution < 1.29 is 4.42 Å². The van der Waals surface area contributed by atoms with Gasteiger partial charge < -0.3 is 9.73 Å². The molecule has 4 heteroatoms. The molecule has 0 aliphatic carbocycles. The summed E-state index contributed by atoms with van der Waals surface area (Å²) in [5, 5.41) is 3.31. The van der Waals surface area contributed by atoms with Crippen molar-refractivity contribution in [1.29, 1.82) is 0 Å². The summed E-state index contributed by atoms with van der Waals surface area (Å²) in [4.78, 5) is 9.08. The molecule has 1 N–H and O–H groups in total. The first kappa shape index (κ1) is 12.6. The number of nitrogens with one attached hydrogen (secondary N) is 1. The van der Waals surface area contributed by atoms with Gasteiger partial charge in [-0.3, -0.25) is 0 Å². The molecule has 96 valence electrons. The minimum absolute atomic E-state index is 0.730. The largest absolute Gasteiger partial charge is 0.472 e. The molecule has 0 saturated heterocycles. The first-order valence-corrected chi connectivity index (χ1v) is 6.48. The maximum atomic E-state index is 5.09. The normalized spacial score (nSPS) is 10.6. The van der Waals surface area contributed by atoms with Crippen LogP contribution in [-0.2, 0) is 6.42 Å². The molecule has 0 fully saturated rings. The van der Waals surface area contributed by atoms with E-state index in [-0.39, 0.29) is 0 Å². The maximum Gasteiger partial charge on any atom is 0.164 e. The highest BCUT2D eigenvalue weighted by Crippen LogP contribution is 2.19. The van der Waals surface area contributed by atoms with Crippen LogP contribution < -0.4 is 5.32 Å². The van der Waals surface area contributed by atoms with Crippen molar-refractivity contribution in [2.75, 3.05) is 11.9 Å². The van der Waals surface area contributed by atoms with Crippen molar-refractivity contribution in [3.05, 3.63) is 30.4 Å². The van der Waals surface area contributed by atoms with E-state index in [0.717, 1.165) is 48.7 Å². The van der Waals surface area contributed by atoms with Gasteiger partial charge in [0.2, 0.25) is 0 Å². The van der Waals surface area contributed by atoms with Crippen LogP contribution in [0.4, 0.5) is 5.82 Å². The molecule has 2 aromatic rings. The third-order valence-corrected chi connectivity index (χ3v) is 2.62. The number of hydrogen-bond acceptors (Lipinski definition) is 4. The lowest BCUT2D eigenvalue weighted by molar-refractivity contribution is 0.568. The van der Waals surface area contributed by atoms with Crippen molar-refractivity contribution in [3.63, 3.8) is 0 Å². The van der Waals surface area contributed by atoms with E-state index in [0.29, 0.717) is 0 Å². The summed E-state index contributed by atoms with van der Waals surface area (Å²) < 4.78 is 5.09. The summed E-state index contributed by atoms with van der Waals surface area (Å²) in [7, 11) is 0. The maximum absolute atomic E-state index is 5.09. The molecule has 0 atom stereocenters. The zero-order valence-electron chi connectivity index (χ0n) is 10.9. The van der Waals surface area contributed by atoms with Crippen LogP contribution in [0.15, 0.2) is 29.1 Å². The average molecular weight is 245 g/mol. The number of nitrogens with zero attached hydrogens (tertiary/aromatic N) is 2. The summed E-state index contributed by atoms with van der Waals surface area (Å²) in [5.41, 5.74) is 2.00. The third kappa shape index (κ3) is 3.09. The molecule has 18 heavy (non-hydrogen) atoms. The van der Waals surface area contributed by atoms with Crippen LogP contribution in [0.1, 0.15) is 32.4 Å². The molecule has 2 rings (SSSR count). The fraction of sp³-hybridized carbons (Fsp3) is 0.429. The molecule has 4 nitrogen and oxygen atoms in total. The molecule has 0 amide bonds. The quantitative estimate of drug-likeness (QED) is 0.846. The van der Waals surface area contributed by atoms with Crippen LogP contribution in [0.5, 0.6) is 0 Å². The topological polar surface area (TPSA) is 51.0 Å². The Balaban J connectivity index is 2.30. The van der Waals surface area contributed by atoms with Crippen LogP contribution in [0, 0.1) is 0 Å². The van der Waals surface area contributed by atoms with E-state index < -0.39 is 0 Å². The number of hydrogen-bond donors (Lipinski definition) is 1. The number of aromatic nitrogens is 2. The summed E-state index contributed by atoms with van der Waals surface area (Å²) in [6.07, 6.45) is 6.44. The van der Waals surface area contributed by atoms with Gasteiger partial charge in [-0.1, -0.05) is 20.3 Å². The molecule has 0 bridgehead atoms. The van der Waals surface area contributed by atoms with E-state index in [1.165, 1.54) is 0 Å². The first-order chi connectivity index (χ1) is 8.83. The predicted octanol–water partition coefficient (Wildman–Crippen LogP) is 3.51. The Labute approximate surface area is 107 Å². The van der Waals surface area contributed by atoms with Crippen LogP contribution in [0.2, 0.25) is 0 Å². The van der Waals surface area contributed by atoms with Crippen molar-refractivity contribution >= 4 is 5.82 Å². The molecule has 0 aliphatic heterocycles. The number of rotatable bonds is 6. The van der Waals surface area contributed by atoms with Crippen molar-refractivity contribution in [3.8, 4) is 11.4 Å². The molecule has 0 unspecified atom stereocenters. The number of aryl methyl sites for hydroxylation is 1. The molecule has 0 radical (unpaired) electrons. The Kier molecular flexibility index (Phi) is 4.34. The minimum atomic E-state index is 0.730. The van der Waals surface area contributed by atoms with E-state index in [9.17, 15) is 0 Å². The Bertz CT molecular complexity index is 480. The second-order valence-electron chi connectivity index (χ2n) is 4.26. The van der Waals surface area contributed by atoms with Gasteiger partial charge in [0.1, 0.15) is 12.1 Å². The number of anilines is 1. The van der Waals surface area contributed by atoms with Gasteiger partial charge in [-0.15, -0.1) is 0 Å². The van der Waals surface area contributed by atoms with Gasteiger partial charge in [0.25, 0.3) is 0 Å². The van der Waals surface area contributed by atoms with Gasteiger partial charge in [0.05, 0.1) is 11.8 Å². The van der Waals surface area contributed by atoms with Gasteiger partial charge in [-0.05, 0) is 18.9 Å². The zero-order valence-corrected chi connectivity index (χ0v) is 10.9. The van der Waals surface area contributed by atoms with Crippen molar-refractivity contribution in [2.24, 2.45) is 0 Å². The van der Waals surface area contributed by atoms with E-state index in [4.69, 9.17) is 4.42 Å². The molecule has 0 saturated carbocycles. The molecule has 2 heterocycles. The Morgan fingerprint density at radius 3 is 2.78 bits per heavy atom. The fourth-order valence-corrected chi connectivity index (χ4v) is 1.75. The minimum Gasteiger partial charge on any atom is -0.472 e. The van der Waals surface area contributed by atoms with Crippen LogP contribution in [-0.4, -0.2) is 16.5 Å². The molecule has 0 spiro atoms. The Hall–Kier alpha value is -1.84. The lowest BCUT2D eigenvalue weighted by atomic mass is 10.2. The van der Waals surface area contributed by atoms with Gasteiger partial charge in [0, 0.05) is 18.3 Å². The highest BCUT2D eigenvalue weighted by molar-refractivity contribution is 5.55. The first-order valence-electron chi connectivity index (χ1n) is 6.48. The van der Waals surface area contributed by atoms with Crippen LogP contribution >= 0.6 is 0 Å². The second-order valence-corrected chi connectivity index (χ2v) is 4.26. The van der Waals surface area contributed by atoms with E-state index in [1.54, 1.807) is 12.5 Å². The average Bonchev–Trinajstić information content (AvgIpc) is 2.90. The molecule has 2 aromatic heterocycles. The smallest absolute Gasteiger partial charge is 0.164 e. The standard InChI is InChI=1S/C14H19N3O/c1-3-5-12-9-13(15-7-4-2)17-14(16-12)11-6-8-18-10-11/h6,8-10H,3-5,7H2,1-2H3,(H,15,16,17). The van der Waals surface area contributed by atoms with E-state index >= 15 is 0 Å². The van der Waals surface area contributed by atoms with Crippen LogP contribution in [0.3, 0.4) is 0 Å². The molecule has 0 aliphatic rings. The van der Waals surface area contributed by atoms with Gasteiger partial charge >= 0.3 is 0 Å². The summed E-state index contributed by atoms with van der Waals surface area (Å²) in [6.45, 7) is 5.21. The zero-order chi connectivity index (χ0) is 12.8. The van der Waals surface area contributed by atoms with E-state index in [2.05, 4.69) is 29.1 Å². The summed E-state index contributed by atoms with van der Waals surface area (Å²) in [5.74, 6) is 1.62. The highest BCUT2D eigenvalue weighted by atomic mass is 16.3. The summed E-state index contributed by atoms with van der Waals surface area (Å²) in [6, 6.07) is 3.91. The monoisotopic (exact) mass is 245 g/mol. The summed E-state index contributed by atoms with van der Waals surface area (Å²) >= 11 is 0. The second kappa shape index (κ2) is 6.19. The number of furan rings is 1. The SMILES string of the molecule is CCCNc1cc(CCC)nc(-c2ccoc2)n1. The Morgan fingerprint density at radius 2 is 2.11 bits per heavy atom. The molecular weight excluding hydrogens is 226 g/mol. The highest BCUT2D eigenvalue weighted by Gasteiger charge is 2.07.